The molecular formula is C19H21N5O. The Morgan fingerprint density at radius 3 is 2.92 bits per heavy atom. The number of nitrogens with zero attached hydrogens (tertiary/aromatic N) is 4. The van der Waals surface area contributed by atoms with Crippen molar-refractivity contribution in [2.45, 2.75) is 45.2 Å². The standard InChI is InChI=1S/C19H21N5O/c1-12-3-6-17-15(7-12)16(8-18(23-17)14-4-5-14)19(25)22-13(2)9-24-11-20-10-21-24/h3,6-8,10-11,13-14H,4-5,9H2,1-2H3,(H,22,25). The van der Waals surface area contributed by atoms with E-state index in [1.165, 1.54) is 6.33 Å². The van der Waals surface area contributed by atoms with Crippen LogP contribution in [0.25, 0.3) is 10.9 Å². The Morgan fingerprint density at radius 2 is 2.20 bits per heavy atom. The van der Waals surface area contributed by atoms with Crippen molar-refractivity contribution in [2.24, 2.45) is 0 Å². The Balaban J connectivity index is 1.64. The van der Waals surface area contributed by atoms with Gasteiger partial charge in [-0.25, -0.2) is 4.98 Å². The molecule has 6 nitrogen and oxygen atoms in total. The van der Waals surface area contributed by atoms with E-state index in [1.807, 2.05) is 38.1 Å². The van der Waals surface area contributed by atoms with Crippen LogP contribution in [0.1, 0.15) is 47.3 Å². The van der Waals surface area contributed by atoms with Crippen molar-refractivity contribution in [1.82, 2.24) is 25.1 Å². The summed E-state index contributed by atoms with van der Waals surface area (Å²) in [6.07, 6.45) is 5.47. The Labute approximate surface area is 146 Å². The molecule has 1 fully saturated rings. The molecule has 1 aliphatic rings. The first kappa shape index (κ1) is 15.7. The summed E-state index contributed by atoms with van der Waals surface area (Å²) in [5.41, 5.74) is 3.76. The number of aryl methyl sites for hydroxylation is 1. The average Bonchev–Trinajstić information content (AvgIpc) is 3.32. The maximum atomic E-state index is 12.9. The molecule has 1 saturated carbocycles. The summed E-state index contributed by atoms with van der Waals surface area (Å²) in [5, 5.41) is 8.08. The first-order valence-corrected chi connectivity index (χ1v) is 8.65. The zero-order chi connectivity index (χ0) is 17.4. The molecule has 128 valence electrons. The van der Waals surface area contributed by atoms with Gasteiger partial charge in [0.1, 0.15) is 12.7 Å². The molecule has 3 aromatic rings. The first-order chi connectivity index (χ1) is 12.1. The molecule has 25 heavy (non-hydrogen) atoms. The highest BCUT2D eigenvalue weighted by Gasteiger charge is 2.27. The summed E-state index contributed by atoms with van der Waals surface area (Å²) >= 11 is 0. The minimum absolute atomic E-state index is 0.0494. The Bertz CT molecular complexity index is 915. The monoisotopic (exact) mass is 335 g/mol. The fourth-order valence-corrected chi connectivity index (χ4v) is 3.09. The zero-order valence-corrected chi connectivity index (χ0v) is 14.4. The molecule has 2 aromatic heterocycles. The molecule has 0 saturated heterocycles. The predicted octanol–water partition coefficient (Wildman–Crippen LogP) is 2.83. The second-order valence-corrected chi connectivity index (χ2v) is 6.88. The number of pyridine rings is 1. The van der Waals surface area contributed by atoms with Crippen LogP contribution in [0.4, 0.5) is 0 Å². The summed E-state index contributed by atoms with van der Waals surface area (Å²) in [7, 11) is 0. The van der Waals surface area contributed by atoms with Gasteiger partial charge in [0, 0.05) is 23.0 Å². The molecule has 1 aromatic carbocycles. The number of amides is 1. The third kappa shape index (κ3) is 3.38. The summed E-state index contributed by atoms with van der Waals surface area (Å²) in [5.74, 6) is 0.442. The van der Waals surface area contributed by atoms with Crippen LogP contribution in [0.5, 0.6) is 0 Å². The minimum Gasteiger partial charge on any atom is -0.348 e. The van der Waals surface area contributed by atoms with Crippen LogP contribution in [0, 0.1) is 6.92 Å². The van der Waals surface area contributed by atoms with Crippen molar-refractivity contribution in [3.8, 4) is 0 Å². The number of hydrogen-bond acceptors (Lipinski definition) is 4. The van der Waals surface area contributed by atoms with Gasteiger partial charge in [-0.15, -0.1) is 0 Å². The van der Waals surface area contributed by atoms with Crippen molar-refractivity contribution in [3.63, 3.8) is 0 Å². The summed E-state index contributed by atoms with van der Waals surface area (Å²) in [6.45, 7) is 4.59. The molecule has 1 amide bonds. The topological polar surface area (TPSA) is 72.7 Å². The number of fused-ring (bicyclic) bond motifs is 1. The lowest BCUT2D eigenvalue weighted by atomic mass is 10.0. The van der Waals surface area contributed by atoms with E-state index in [9.17, 15) is 4.79 Å². The molecule has 0 spiro atoms. The van der Waals surface area contributed by atoms with Crippen LogP contribution >= 0.6 is 0 Å². The van der Waals surface area contributed by atoms with Gasteiger partial charge >= 0.3 is 0 Å². The predicted molar refractivity (Wildman–Crippen MR) is 95.4 cm³/mol. The summed E-state index contributed by atoms with van der Waals surface area (Å²) in [4.78, 5) is 21.6. The van der Waals surface area contributed by atoms with Crippen molar-refractivity contribution in [2.75, 3.05) is 0 Å². The van der Waals surface area contributed by atoms with E-state index in [0.29, 0.717) is 18.0 Å². The lowest BCUT2D eigenvalue weighted by molar-refractivity contribution is 0.0937. The maximum absolute atomic E-state index is 12.9. The number of nitrogens with one attached hydrogen (secondary N) is 1. The number of carbonyl (C=O) groups is 1. The fraction of sp³-hybridized carbons (Fsp3) is 0.368. The number of rotatable bonds is 5. The lowest BCUT2D eigenvalue weighted by Crippen LogP contribution is -2.36. The molecule has 6 heteroatoms. The van der Waals surface area contributed by atoms with E-state index in [0.717, 1.165) is 35.0 Å². The lowest BCUT2D eigenvalue weighted by Gasteiger charge is -2.15. The molecular weight excluding hydrogens is 314 g/mol. The van der Waals surface area contributed by atoms with Gasteiger partial charge in [-0.3, -0.25) is 14.5 Å². The molecule has 4 rings (SSSR count). The molecule has 2 heterocycles. The van der Waals surface area contributed by atoms with E-state index >= 15 is 0 Å². The maximum Gasteiger partial charge on any atom is 0.252 e. The fourth-order valence-electron chi connectivity index (χ4n) is 3.09. The van der Waals surface area contributed by atoms with Crippen LogP contribution in [-0.2, 0) is 6.54 Å². The van der Waals surface area contributed by atoms with Crippen molar-refractivity contribution >= 4 is 16.8 Å². The number of aromatic nitrogens is 4. The van der Waals surface area contributed by atoms with E-state index < -0.39 is 0 Å². The highest BCUT2D eigenvalue weighted by Crippen LogP contribution is 2.40. The van der Waals surface area contributed by atoms with E-state index in [1.54, 1.807) is 11.0 Å². The van der Waals surface area contributed by atoms with Crippen molar-refractivity contribution in [3.05, 3.63) is 53.7 Å². The highest BCUT2D eigenvalue weighted by atomic mass is 16.1. The van der Waals surface area contributed by atoms with Crippen molar-refractivity contribution < 1.29 is 4.79 Å². The molecule has 1 unspecified atom stereocenters. The second-order valence-electron chi connectivity index (χ2n) is 6.88. The van der Waals surface area contributed by atoms with Gasteiger partial charge in [0.05, 0.1) is 17.6 Å². The number of benzene rings is 1. The van der Waals surface area contributed by atoms with Gasteiger partial charge in [-0.2, -0.15) is 5.10 Å². The number of hydrogen-bond donors (Lipinski definition) is 1. The number of carbonyl (C=O) groups excluding carboxylic acids is 1. The highest BCUT2D eigenvalue weighted by molar-refractivity contribution is 6.06. The molecule has 0 radical (unpaired) electrons. The largest absolute Gasteiger partial charge is 0.348 e. The third-order valence-corrected chi connectivity index (χ3v) is 4.53. The van der Waals surface area contributed by atoms with Crippen LogP contribution in [0.3, 0.4) is 0 Å². The second kappa shape index (κ2) is 6.27. The molecule has 0 aliphatic heterocycles. The zero-order valence-electron chi connectivity index (χ0n) is 14.4. The van der Waals surface area contributed by atoms with Crippen LogP contribution < -0.4 is 5.32 Å². The van der Waals surface area contributed by atoms with Gasteiger partial charge in [0.2, 0.25) is 0 Å². The SMILES string of the molecule is Cc1ccc2nc(C3CC3)cc(C(=O)NC(C)Cn3cncn3)c2c1. The first-order valence-electron chi connectivity index (χ1n) is 8.65. The van der Waals surface area contributed by atoms with Crippen molar-refractivity contribution in [1.29, 1.82) is 0 Å². The van der Waals surface area contributed by atoms with Gasteiger partial charge < -0.3 is 5.32 Å². The van der Waals surface area contributed by atoms with Gasteiger partial charge in [-0.05, 0) is 44.9 Å². The van der Waals surface area contributed by atoms with Gasteiger partial charge in [0.25, 0.3) is 5.91 Å². The molecule has 1 aliphatic carbocycles. The molecule has 0 bridgehead atoms. The smallest absolute Gasteiger partial charge is 0.252 e. The Hall–Kier alpha value is -2.76. The average molecular weight is 335 g/mol. The van der Waals surface area contributed by atoms with Crippen LogP contribution in [0.2, 0.25) is 0 Å². The Kier molecular flexibility index (Phi) is 3.95. The minimum atomic E-state index is -0.0625. The van der Waals surface area contributed by atoms with Crippen LogP contribution in [0.15, 0.2) is 36.9 Å². The van der Waals surface area contributed by atoms with E-state index in [-0.39, 0.29) is 11.9 Å². The third-order valence-electron chi connectivity index (χ3n) is 4.53. The Morgan fingerprint density at radius 1 is 1.36 bits per heavy atom. The normalized spacial score (nSPS) is 15.3. The molecule has 1 N–H and O–H groups in total. The van der Waals surface area contributed by atoms with Gasteiger partial charge in [-0.1, -0.05) is 11.6 Å². The summed E-state index contributed by atoms with van der Waals surface area (Å²) < 4.78 is 1.72. The van der Waals surface area contributed by atoms with Gasteiger partial charge in [0.15, 0.2) is 0 Å². The van der Waals surface area contributed by atoms with E-state index in [2.05, 4.69) is 15.4 Å². The quantitative estimate of drug-likeness (QED) is 0.778. The summed E-state index contributed by atoms with van der Waals surface area (Å²) in [6, 6.07) is 8.01. The van der Waals surface area contributed by atoms with Crippen LogP contribution in [-0.4, -0.2) is 31.7 Å². The molecule has 1 atom stereocenters. The van der Waals surface area contributed by atoms with E-state index in [4.69, 9.17) is 4.98 Å².